The lowest BCUT2D eigenvalue weighted by molar-refractivity contribution is 0.436. The van der Waals surface area contributed by atoms with Crippen molar-refractivity contribution in [2.24, 2.45) is 0 Å². The van der Waals surface area contributed by atoms with Crippen LogP contribution in [-0.2, 0) is 10.8 Å². The minimum atomic E-state index is -0.606. The van der Waals surface area contributed by atoms with Crippen LogP contribution in [0.5, 0.6) is 23.0 Å². The Balaban J connectivity index is 0.868. The molecule has 388 valence electrons. The molecule has 0 bridgehead atoms. The first-order chi connectivity index (χ1) is 41.2. The van der Waals surface area contributed by atoms with E-state index in [2.05, 4.69) is 314 Å². The second-order valence-electron chi connectivity index (χ2n) is 22.1. The Morgan fingerprint density at radius 2 is 0.530 bits per heavy atom. The number of para-hydroxylation sites is 6. The number of anilines is 3. The Hall–Kier alpha value is -10.7. The van der Waals surface area contributed by atoms with Gasteiger partial charge in [-0.15, -0.1) is 0 Å². The summed E-state index contributed by atoms with van der Waals surface area (Å²) in [6.07, 6.45) is 0. The number of hydrogen-bond acceptors (Lipinski definition) is 3. The summed E-state index contributed by atoms with van der Waals surface area (Å²) in [5.74, 6) is 3.54. The Morgan fingerprint density at radius 1 is 0.205 bits per heavy atom. The number of fused-ring (bicyclic) bond motifs is 18. The van der Waals surface area contributed by atoms with Gasteiger partial charge in [-0.25, -0.2) is 0 Å². The van der Waals surface area contributed by atoms with Crippen molar-refractivity contribution < 1.29 is 9.47 Å². The minimum absolute atomic E-state index is 0.563. The van der Waals surface area contributed by atoms with Crippen LogP contribution in [-0.4, -0.2) is 0 Å². The van der Waals surface area contributed by atoms with Gasteiger partial charge in [0.25, 0.3) is 0 Å². The molecule has 0 saturated carbocycles. The second-order valence-corrected chi connectivity index (χ2v) is 22.1. The zero-order valence-corrected chi connectivity index (χ0v) is 45.2. The minimum Gasteiger partial charge on any atom is -0.457 e. The van der Waals surface area contributed by atoms with E-state index in [4.69, 9.17) is 9.47 Å². The van der Waals surface area contributed by atoms with Crippen LogP contribution in [0.1, 0.15) is 44.5 Å². The predicted octanol–water partition coefficient (Wildman–Crippen LogP) is 20.8. The van der Waals surface area contributed by atoms with E-state index in [0.717, 1.165) is 84.6 Å². The maximum atomic E-state index is 6.75. The van der Waals surface area contributed by atoms with E-state index in [-0.39, 0.29) is 0 Å². The molecule has 0 unspecified atom stereocenters. The average Bonchev–Trinajstić information content (AvgIpc) is 1.65. The summed E-state index contributed by atoms with van der Waals surface area (Å²) in [5, 5.41) is 0. The van der Waals surface area contributed by atoms with Gasteiger partial charge in [0, 0.05) is 39.1 Å². The summed E-state index contributed by atoms with van der Waals surface area (Å²) >= 11 is 0. The third-order valence-corrected chi connectivity index (χ3v) is 18.1. The summed E-state index contributed by atoms with van der Waals surface area (Å²) in [6, 6.07) is 113. The molecular weight excluding hydrogens is 1010 g/mol. The lowest BCUT2D eigenvalue weighted by Crippen LogP contribution is -2.32. The highest BCUT2D eigenvalue weighted by Gasteiger charge is 2.53. The van der Waals surface area contributed by atoms with E-state index in [1.165, 1.54) is 66.8 Å². The van der Waals surface area contributed by atoms with Crippen LogP contribution in [0.25, 0.3) is 66.8 Å². The van der Waals surface area contributed by atoms with Crippen molar-refractivity contribution in [3.8, 4) is 89.8 Å². The molecule has 83 heavy (non-hydrogen) atoms. The quantitative estimate of drug-likeness (QED) is 0.159. The molecule has 2 heterocycles. The molecule has 0 atom stereocenters. The van der Waals surface area contributed by atoms with Crippen LogP contribution in [0.4, 0.5) is 17.1 Å². The van der Waals surface area contributed by atoms with Crippen molar-refractivity contribution >= 4 is 17.1 Å². The number of nitrogens with zero attached hydrogens (tertiary/aromatic N) is 1. The van der Waals surface area contributed by atoms with E-state index in [1.807, 2.05) is 0 Å². The molecule has 13 aromatic rings. The number of rotatable bonds is 7. The largest absolute Gasteiger partial charge is 0.457 e. The van der Waals surface area contributed by atoms with Gasteiger partial charge < -0.3 is 14.4 Å². The highest BCUT2D eigenvalue weighted by molar-refractivity contribution is 6.02. The molecule has 3 heteroatoms. The van der Waals surface area contributed by atoms with Crippen molar-refractivity contribution in [2.75, 3.05) is 4.90 Å². The van der Waals surface area contributed by atoms with Crippen molar-refractivity contribution in [1.82, 2.24) is 0 Å². The molecule has 0 saturated heterocycles. The van der Waals surface area contributed by atoms with Gasteiger partial charge in [-0.2, -0.15) is 0 Å². The Kier molecular flexibility index (Phi) is 10.4. The zero-order chi connectivity index (χ0) is 54.6. The standard InChI is InChI=1S/C80H51NO2/c1-2-22-52(23-3-1)53-44-46-54(47-45-53)57-24-6-14-38-71(57)81(56-50-48-55(49-51-56)58-28-20-36-69-77(58)61-26-4-8-30-63(61)79(69)65-32-10-16-40-73(65)82-74-41-17-11-33-66(74)79)72-39-15-7-25-59(72)60-29-21-37-70-78(60)62-27-5-9-31-64(62)80(70)67-34-12-18-42-75(67)83-76-43-19-13-35-68(76)80/h1-51H. The maximum absolute atomic E-state index is 6.75. The molecule has 0 amide bonds. The van der Waals surface area contributed by atoms with Crippen LogP contribution < -0.4 is 14.4 Å². The molecule has 2 aliphatic heterocycles. The summed E-state index contributed by atoms with van der Waals surface area (Å²) in [7, 11) is 0. The molecule has 2 aliphatic carbocycles. The highest BCUT2D eigenvalue weighted by atomic mass is 16.5. The third-order valence-electron chi connectivity index (χ3n) is 18.1. The normalized spacial score (nSPS) is 13.7. The van der Waals surface area contributed by atoms with Gasteiger partial charge in [-0.1, -0.05) is 261 Å². The molecule has 2 spiro atoms. The lowest BCUT2D eigenvalue weighted by atomic mass is 9.66. The summed E-state index contributed by atoms with van der Waals surface area (Å²) < 4.78 is 13.4. The molecule has 17 rings (SSSR count). The predicted molar refractivity (Wildman–Crippen MR) is 338 cm³/mol. The van der Waals surface area contributed by atoms with Crippen LogP contribution in [0.3, 0.4) is 0 Å². The zero-order valence-electron chi connectivity index (χ0n) is 45.2. The maximum Gasteiger partial charge on any atom is 0.132 e. The summed E-state index contributed by atoms with van der Waals surface area (Å²) in [5.41, 5.74) is 25.9. The average molecular weight is 1060 g/mol. The van der Waals surface area contributed by atoms with Crippen LogP contribution in [0.2, 0.25) is 0 Å². The molecular formula is C80H51NO2. The molecule has 13 aromatic carbocycles. The SMILES string of the molecule is c1ccc(-c2ccc(-c3ccccc3N(c3ccc(-c4cccc5c4-c4ccccc4C54c5ccccc5Oc5ccccc54)cc3)c3ccccc3-c3cccc4c3-c3ccccc3C43c4ccccc4Oc4ccccc43)cc2)cc1. The topological polar surface area (TPSA) is 21.7 Å². The molecule has 0 aromatic heterocycles. The summed E-state index contributed by atoms with van der Waals surface area (Å²) in [6.45, 7) is 0. The number of hydrogen-bond donors (Lipinski definition) is 0. The van der Waals surface area contributed by atoms with Gasteiger partial charge >= 0.3 is 0 Å². The van der Waals surface area contributed by atoms with Crippen molar-refractivity contribution in [2.45, 2.75) is 10.8 Å². The lowest BCUT2D eigenvalue weighted by Gasteiger charge is -2.39. The van der Waals surface area contributed by atoms with Crippen LogP contribution in [0, 0.1) is 0 Å². The van der Waals surface area contributed by atoms with Crippen molar-refractivity contribution in [3.05, 3.63) is 354 Å². The van der Waals surface area contributed by atoms with Crippen molar-refractivity contribution in [3.63, 3.8) is 0 Å². The second kappa shape index (κ2) is 18.4. The monoisotopic (exact) mass is 1060 g/mol. The van der Waals surface area contributed by atoms with Gasteiger partial charge in [0.2, 0.25) is 0 Å². The fourth-order valence-corrected chi connectivity index (χ4v) is 14.8. The summed E-state index contributed by atoms with van der Waals surface area (Å²) in [4.78, 5) is 2.49. The van der Waals surface area contributed by atoms with Gasteiger partial charge in [-0.3, -0.25) is 0 Å². The molecule has 4 aliphatic rings. The van der Waals surface area contributed by atoms with E-state index in [1.54, 1.807) is 0 Å². The third kappa shape index (κ3) is 6.74. The van der Waals surface area contributed by atoms with E-state index in [0.29, 0.717) is 0 Å². The number of benzene rings is 13. The van der Waals surface area contributed by atoms with Gasteiger partial charge in [-0.05, 0) is 126 Å². The van der Waals surface area contributed by atoms with Gasteiger partial charge in [0.05, 0.1) is 22.2 Å². The van der Waals surface area contributed by atoms with E-state index < -0.39 is 10.8 Å². The van der Waals surface area contributed by atoms with Crippen LogP contribution >= 0.6 is 0 Å². The Morgan fingerprint density at radius 3 is 1.05 bits per heavy atom. The Labute approximate surface area is 483 Å². The van der Waals surface area contributed by atoms with Gasteiger partial charge in [0.15, 0.2) is 0 Å². The first kappa shape index (κ1) is 47.1. The fraction of sp³-hybridized carbons (Fsp3) is 0.0250. The first-order valence-corrected chi connectivity index (χ1v) is 28.6. The molecule has 0 radical (unpaired) electrons. The first-order valence-electron chi connectivity index (χ1n) is 28.6. The van der Waals surface area contributed by atoms with E-state index >= 15 is 0 Å². The fourth-order valence-electron chi connectivity index (χ4n) is 14.8. The molecule has 3 nitrogen and oxygen atoms in total. The molecule has 0 N–H and O–H groups in total. The highest BCUT2D eigenvalue weighted by Crippen LogP contribution is 2.66. The Bertz CT molecular complexity index is 4660. The van der Waals surface area contributed by atoms with Crippen LogP contribution in [0.15, 0.2) is 309 Å². The smallest absolute Gasteiger partial charge is 0.132 e. The van der Waals surface area contributed by atoms with E-state index in [9.17, 15) is 0 Å². The number of ether oxygens (including phenoxy) is 2. The van der Waals surface area contributed by atoms with Gasteiger partial charge in [0.1, 0.15) is 23.0 Å². The van der Waals surface area contributed by atoms with Crippen molar-refractivity contribution in [1.29, 1.82) is 0 Å². The molecule has 0 fully saturated rings.